The lowest BCUT2D eigenvalue weighted by molar-refractivity contribution is -0.145. The third-order valence-electron chi connectivity index (χ3n) is 8.39. The van der Waals surface area contributed by atoms with Crippen LogP contribution in [0, 0.1) is 11.8 Å². The SMILES string of the molecule is CCCCCCCCOC(=O)CCCCCCCCCCCCC(CCC(=O)OCCCCCCCC)C(C)C. The van der Waals surface area contributed by atoms with Gasteiger partial charge in [-0.2, -0.15) is 0 Å². The molecule has 4 heteroatoms. The molecule has 0 rings (SSSR count). The van der Waals surface area contributed by atoms with Crippen LogP contribution in [-0.2, 0) is 19.1 Å². The van der Waals surface area contributed by atoms with Gasteiger partial charge >= 0.3 is 11.9 Å². The monoisotopic (exact) mass is 567 g/mol. The van der Waals surface area contributed by atoms with Crippen molar-refractivity contribution in [1.82, 2.24) is 0 Å². The Bertz CT molecular complexity index is 545. The predicted octanol–water partition coefficient (Wildman–Crippen LogP) is 11.5. The van der Waals surface area contributed by atoms with Gasteiger partial charge in [-0.1, -0.05) is 156 Å². The Hall–Kier alpha value is -1.06. The Balaban J connectivity index is 3.53. The summed E-state index contributed by atoms with van der Waals surface area (Å²) >= 11 is 0. The highest BCUT2D eigenvalue weighted by molar-refractivity contribution is 5.69. The standard InChI is InChI=1S/C36H70O4/c1-5-7-9-11-21-25-31-39-35(37)28-24-20-18-16-14-13-15-17-19-23-27-34(33(3)4)29-30-36(38)40-32-26-22-12-10-8-6-2/h33-34H,5-32H2,1-4H3. The zero-order valence-electron chi connectivity index (χ0n) is 27.6. The van der Waals surface area contributed by atoms with Gasteiger partial charge in [0.2, 0.25) is 0 Å². The number of hydrogen-bond acceptors (Lipinski definition) is 4. The van der Waals surface area contributed by atoms with Crippen LogP contribution < -0.4 is 0 Å². The van der Waals surface area contributed by atoms with E-state index in [0.717, 1.165) is 32.1 Å². The topological polar surface area (TPSA) is 52.6 Å². The Morgan fingerprint density at radius 1 is 0.450 bits per heavy atom. The van der Waals surface area contributed by atoms with E-state index in [0.29, 0.717) is 37.9 Å². The molecule has 1 atom stereocenters. The number of hydrogen-bond donors (Lipinski definition) is 0. The molecule has 4 nitrogen and oxygen atoms in total. The number of rotatable bonds is 31. The molecule has 0 saturated carbocycles. The lowest BCUT2D eigenvalue weighted by Crippen LogP contribution is -2.13. The van der Waals surface area contributed by atoms with Crippen LogP contribution in [0.4, 0.5) is 0 Å². The average Bonchev–Trinajstić information content (AvgIpc) is 2.93. The molecule has 0 aromatic carbocycles. The van der Waals surface area contributed by atoms with Gasteiger partial charge in [0.05, 0.1) is 13.2 Å². The highest BCUT2D eigenvalue weighted by Gasteiger charge is 2.15. The van der Waals surface area contributed by atoms with E-state index in [4.69, 9.17) is 9.47 Å². The summed E-state index contributed by atoms with van der Waals surface area (Å²) < 4.78 is 10.8. The van der Waals surface area contributed by atoms with Crippen molar-refractivity contribution in [2.45, 2.75) is 195 Å². The van der Waals surface area contributed by atoms with Crippen LogP contribution in [0.3, 0.4) is 0 Å². The van der Waals surface area contributed by atoms with Gasteiger partial charge in [-0.25, -0.2) is 0 Å². The predicted molar refractivity (Wildman–Crippen MR) is 172 cm³/mol. The fourth-order valence-corrected chi connectivity index (χ4v) is 5.49. The van der Waals surface area contributed by atoms with Crippen LogP contribution in [0.15, 0.2) is 0 Å². The lowest BCUT2D eigenvalue weighted by atomic mass is 9.86. The fraction of sp³-hybridized carbons (Fsp3) is 0.944. The zero-order valence-corrected chi connectivity index (χ0v) is 27.6. The largest absolute Gasteiger partial charge is 0.466 e. The number of esters is 2. The Morgan fingerprint density at radius 3 is 1.27 bits per heavy atom. The quantitative estimate of drug-likeness (QED) is 0.0618. The van der Waals surface area contributed by atoms with Crippen molar-refractivity contribution in [1.29, 1.82) is 0 Å². The molecule has 0 aliphatic carbocycles. The fourth-order valence-electron chi connectivity index (χ4n) is 5.49. The van der Waals surface area contributed by atoms with Crippen molar-refractivity contribution < 1.29 is 19.1 Å². The van der Waals surface area contributed by atoms with Gasteiger partial charge in [0.25, 0.3) is 0 Å². The van der Waals surface area contributed by atoms with Gasteiger partial charge in [0, 0.05) is 12.8 Å². The second-order valence-corrected chi connectivity index (χ2v) is 12.6. The summed E-state index contributed by atoms with van der Waals surface area (Å²) in [5, 5.41) is 0. The molecule has 0 spiro atoms. The lowest BCUT2D eigenvalue weighted by Gasteiger charge is -2.20. The van der Waals surface area contributed by atoms with Gasteiger partial charge in [0.1, 0.15) is 0 Å². The number of ether oxygens (including phenoxy) is 2. The van der Waals surface area contributed by atoms with Gasteiger partial charge in [0.15, 0.2) is 0 Å². The molecular weight excluding hydrogens is 496 g/mol. The van der Waals surface area contributed by atoms with Crippen molar-refractivity contribution in [3.63, 3.8) is 0 Å². The first-order valence-corrected chi connectivity index (χ1v) is 17.8. The number of carbonyl (C=O) groups excluding carboxylic acids is 2. The minimum atomic E-state index is -0.00306. The van der Waals surface area contributed by atoms with E-state index < -0.39 is 0 Å². The Labute approximate surface area is 250 Å². The van der Waals surface area contributed by atoms with Crippen LogP contribution in [0.2, 0.25) is 0 Å². The van der Waals surface area contributed by atoms with Crippen LogP contribution in [0.5, 0.6) is 0 Å². The van der Waals surface area contributed by atoms with Crippen LogP contribution >= 0.6 is 0 Å². The molecule has 0 fully saturated rings. The van der Waals surface area contributed by atoms with Gasteiger partial charge in [-0.3, -0.25) is 9.59 Å². The van der Waals surface area contributed by atoms with Crippen molar-refractivity contribution in [2.75, 3.05) is 13.2 Å². The maximum Gasteiger partial charge on any atom is 0.305 e. The Kier molecular flexibility index (Phi) is 30.1. The maximum absolute atomic E-state index is 12.1. The van der Waals surface area contributed by atoms with Crippen molar-refractivity contribution >= 4 is 11.9 Å². The maximum atomic E-state index is 12.1. The minimum absolute atomic E-state index is 0.00244. The van der Waals surface area contributed by atoms with E-state index >= 15 is 0 Å². The smallest absolute Gasteiger partial charge is 0.305 e. The molecular formula is C36H70O4. The molecule has 0 radical (unpaired) electrons. The highest BCUT2D eigenvalue weighted by atomic mass is 16.5. The normalized spacial score (nSPS) is 12.1. The first-order chi connectivity index (χ1) is 19.5. The molecule has 0 aliphatic rings. The molecule has 0 aromatic heterocycles. The summed E-state index contributed by atoms with van der Waals surface area (Å²) in [4.78, 5) is 24.0. The van der Waals surface area contributed by atoms with Crippen molar-refractivity contribution in [3.05, 3.63) is 0 Å². The second kappa shape index (κ2) is 30.9. The second-order valence-electron chi connectivity index (χ2n) is 12.6. The summed E-state index contributed by atoms with van der Waals surface area (Å²) in [6.45, 7) is 10.3. The van der Waals surface area contributed by atoms with Crippen molar-refractivity contribution in [2.24, 2.45) is 11.8 Å². The molecule has 1 unspecified atom stereocenters. The average molecular weight is 567 g/mol. The van der Waals surface area contributed by atoms with Crippen molar-refractivity contribution in [3.8, 4) is 0 Å². The third-order valence-corrected chi connectivity index (χ3v) is 8.39. The van der Waals surface area contributed by atoms with E-state index in [1.807, 2.05) is 0 Å². The summed E-state index contributed by atoms with van der Waals surface area (Å²) in [5.41, 5.74) is 0. The van der Waals surface area contributed by atoms with Crippen LogP contribution in [0.1, 0.15) is 195 Å². The van der Waals surface area contributed by atoms with Crippen LogP contribution in [-0.4, -0.2) is 25.2 Å². The number of unbranched alkanes of at least 4 members (excludes halogenated alkanes) is 19. The Morgan fingerprint density at radius 2 is 0.825 bits per heavy atom. The molecule has 0 saturated heterocycles. The molecule has 0 heterocycles. The molecule has 0 aliphatic heterocycles. The van der Waals surface area contributed by atoms with Gasteiger partial charge in [-0.05, 0) is 37.5 Å². The highest BCUT2D eigenvalue weighted by Crippen LogP contribution is 2.24. The summed E-state index contributed by atoms with van der Waals surface area (Å²) in [6, 6.07) is 0. The van der Waals surface area contributed by atoms with E-state index in [2.05, 4.69) is 27.7 Å². The zero-order chi connectivity index (χ0) is 29.5. The number of carbonyl (C=O) groups is 2. The molecule has 0 aromatic rings. The van der Waals surface area contributed by atoms with Gasteiger partial charge in [-0.15, -0.1) is 0 Å². The van der Waals surface area contributed by atoms with E-state index in [-0.39, 0.29) is 11.9 Å². The summed E-state index contributed by atoms with van der Waals surface area (Å²) in [5.74, 6) is 1.27. The van der Waals surface area contributed by atoms with Crippen LogP contribution in [0.25, 0.3) is 0 Å². The molecule has 0 amide bonds. The van der Waals surface area contributed by atoms with E-state index in [9.17, 15) is 9.59 Å². The first kappa shape index (κ1) is 38.9. The van der Waals surface area contributed by atoms with Gasteiger partial charge < -0.3 is 9.47 Å². The summed E-state index contributed by atoms with van der Waals surface area (Å²) in [7, 11) is 0. The first-order valence-electron chi connectivity index (χ1n) is 17.8. The molecule has 40 heavy (non-hydrogen) atoms. The molecule has 0 N–H and O–H groups in total. The molecule has 0 bridgehead atoms. The molecule has 238 valence electrons. The van der Waals surface area contributed by atoms with E-state index in [1.165, 1.54) is 122 Å². The third kappa shape index (κ3) is 28.5. The van der Waals surface area contributed by atoms with E-state index in [1.54, 1.807) is 0 Å². The minimum Gasteiger partial charge on any atom is -0.466 e. The summed E-state index contributed by atoms with van der Waals surface area (Å²) in [6.07, 6.45) is 30.7.